The molecule has 2 aromatic carbocycles. The Balaban J connectivity index is 1.83. The molecule has 1 atom stereocenters. The summed E-state index contributed by atoms with van der Waals surface area (Å²) in [4.78, 5) is 17.3. The fraction of sp³-hybridized carbons (Fsp3) is 0.435. The number of halogens is 1. The highest BCUT2D eigenvalue weighted by Gasteiger charge is 2.31. The van der Waals surface area contributed by atoms with Gasteiger partial charge in [-0.25, -0.2) is 8.42 Å². The van der Waals surface area contributed by atoms with Gasteiger partial charge in [0.15, 0.2) is 0 Å². The number of ether oxygens (including phenoxy) is 1. The fourth-order valence-corrected chi connectivity index (χ4v) is 5.23. The third-order valence-corrected chi connectivity index (χ3v) is 7.29. The van der Waals surface area contributed by atoms with Gasteiger partial charge < -0.3 is 14.5 Å². The number of sulfonamides is 1. The molecule has 1 aliphatic heterocycles. The molecule has 1 aliphatic rings. The third-order valence-electron chi connectivity index (χ3n) is 5.52. The van der Waals surface area contributed by atoms with Crippen LogP contribution >= 0.6 is 11.6 Å². The van der Waals surface area contributed by atoms with Gasteiger partial charge in [0.25, 0.3) is 0 Å². The van der Waals surface area contributed by atoms with Crippen molar-refractivity contribution in [1.29, 1.82) is 0 Å². The van der Waals surface area contributed by atoms with Crippen LogP contribution in [0.2, 0.25) is 5.02 Å². The van der Waals surface area contributed by atoms with E-state index in [0.717, 1.165) is 25.2 Å². The van der Waals surface area contributed by atoms with Crippen LogP contribution in [0.1, 0.15) is 19.4 Å². The summed E-state index contributed by atoms with van der Waals surface area (Å²) >= 11 is 6.20. The summed E-state index contributed by atoms with van der Waals surface area (Å²) in [6.45, 7) is 7.98. The van der Waals surface area contributed by atoms with Crippen molar-refractivity contribution in [3.05, 3.63) is 59.1 Å². The van der Waals surface area contributed by atoms with Crippen LogP contribution in [0.25, 0.3) is 0 Å². The van der Waals surface area contributed by atoms with E-state index in [1.165, 1.54) is 18.2 Å². The Morgan fingerprint density at radius 3 is 2.38 bits per heavy atom. The highest BCUT2D eigenvalue weighted by atomic mass is 35.5. The maximum atomic E-state index is 13.3. The van der Waals surface area contributed by atoms with Crippen molar-refractivity contribution < 1.29 is 17.9 Å². The lowest BCUT2D eigenvalue weighted by Crippen LogP contribution is -2.55. The van der Waals surface area contributed by atoms with E-state index < -0.39 is 16.1 Å². The average Bonchev–Trinajstić information content (AvgIpc) is 2.80. The van der Waals surface area contributed by atoms with Gasteiger partial charge in [0.2, 0.25) is 15.9 Å². The number of rotatable bonds is 9. The molecule has 3 rings (SSSR count). The van der Waals surface area contributed by atoms with Gasteiger partial charge in [0, 0.05) is 26.2 Å². The first-order valence-corrected chi connectivity index (χ1v) is 12.7. The number of hydrogen-bond donors (Lipinski definition) is 1. The second-order valence-corrected chi connectivity index (χ2v) is 9.77. The van der Waals surface area contributed by atoms with E-state index in [4.69, 9.17) is 16.3 Å². The first kappa shape index (κ1) is 24.5. The van der Waals surface area contributed by atoms with Gasteiger partial charge in [-0.15, -0.1) is 0 Å². The molecule has 1 fully saturated rings. The van der Waals surface area contributed by atoms with Crippen molar-refractivity contribution in [1.82, 2.24) is 14.5 Å². The lowest BCUT2D eigenvalue weighted by molar-refractivity contribution is -0.134. The minimum Gasteiger partial charge on any atom is -0.492 e. The monoisotopic (exact) mass is 479 g/mol. The molecule has 0 aromatic heterocycles. The van der Waals surface area contributed by atoms with Gasteiger partial charge in [-0.1, -0.05) is 48.9 Å². The van der Waals surface area contributed by atoms with Crippen LogP contribution in [-0.2, 0) is 21.2 Å². The number of nitrogens with one attached hydrogen (secondary N) is 1. The van der Waals surface area contributed by atoms with Crippen molar-refractivity contribution in [2.45, 2.75) is 31.2 Å². The molecule has 0 saturated carbocycles. The van der Waals surface area contributed by atoms with Crippen LogP contribution in [0.4, 0.5) is 0 Å². The summed E-state index contributed by atoms with van der Waals surface area (Å²) in [7, 11) is -3.98. The minimum absolute atomic E-state index is 0.00684. The largest absolute Gasteiger partial charge is 0.492 e. The van der Waals surface area contributed by atoms with Crippen molar-refractivity contribution in [3.63, 3.8) is 0 Å². The summed E-state index contributed by atoms with van der Waals surface area (Å²) in [6.07, 6.45) is 0.262. The highest BCUT2D eigenvalue weighted by molar-refractivity contribution is 7.89. The quantitative estimate of drug-likeness (QED) is 0.598. The Labute approximate surface area is 195 Å². The molecule has 0 radical (unpaired) electrons. The summed E-state index contributed by atoms with van der Waals surface area (Å²) in [5.74, 6) is 0.198. The summed E-state index contributed by atoms with van der Waals surface area (Å²) in [5.41, 5.74) is 0.880. The summed E-state index contributed by atoms with van der Waals surface area (Å²) in [5, 5.41) is 0.205. The van der Waals surface area contributed by atoms with Crippen LogP contribution in [-0.4, -0.2) is 69.5 Å². The maximum absolute atomic E-state index is 13.3. The molecule has 7 nitrogen and oxygen atoms in total. The molecule has 2 aromatic rings. The van der Waals surface area contributed by atoms with Crippen molar-refractivity contribution in [2.24, 2.45) is 0 Å². The molecule has 0 spiro atoms. The number of carbonyl (C=O) groups excluding carboxylic acids is 1. The lowest BCUT2D eigenvalue weighted by atomic mass is 10.1. The number of carbonyl (C=O) groups is 1. The molecule has 32 heavy (non-hydrogen) atoms. The Kier molecular flexibility index (Phi) is 8.53. The Morgan fingerprint density at radius 1 is 1.09 bits per heavy atom. The third kappa shape index (κ3) is 6.22. The van der Waals surface area contributed by atoms with Crippen LogP contribution in [0.15, 0.2) is 53.4 Å². The SMILES string of the molecule is CCOc1ccc(S(=O)(=O)N[C@H](Cc2ccccc2)C(=O)N2CCN(CC)CC2)cc1Cl. The van der Waals surface area contributed by atoms with E-state index in [1.54, 1.807) is 4.90 Å². The molecular weight excluding hydrogens is 450 g/mol. The van der Waals surface area contributed by atoms with E-state index in [9.17, 15) is 13.2 Å². The fourth-order valence-electron chi connectivity index (χ4n) is 3.71. The number of hydrogen-bond acceptors (Lipinski definition) is 5. The van der Waals surface area contributed by atoms with Crippen LogP contribution in [0, 0.1) is 0 Å². The van der Waals surface area contributed by atoms with Gasteiger partial charge in [-0.05, 0) is 43.7 Å². The molecule has 174 valence electrons. The molecule has 1 saturated heterocycles. The van der Waals surface area contributed by atoms with E-state index in [1.807, 2.05) is 37.3 Å². The van der Waals surface area contributed by atoms with Crippen LogP contribution < -0.4 is 9.46 Å². The molecule has 1 N–H and O–H groups in total. The number of piperazine rings is 1. The van der Waals surface area contributed by atoms with E-state index in [-0.39, 0.29) is 22.2 Å². The lowest BCUT2D eigenvalue weighted by Gasteiger charge is -2.36. The summed E-state index contributed by atoms with van der Waals surface area (Å²) < 4.78 is 34.3. The van der Waals surface area contributed by atoms with Crippen molar-refractivity contribution >= 4 is 27.5 Å². The minimum atomic E-state index is -3.98. The van der Waals surface area contributed by atoms with Gasteiger partial charge in [0.05, 0.1) is 16.5 Å². The van der Waals surface area contributed by atoms with Gasteiger partial charge in [-0.2, -0.15) is 4.72 Å². The Hall–Kier alpha value is -2.13. The number of amides is 1. The van der Waals surface area contributed by atoms with Gasteiger partial charge in [0.1, 0.15) is 11.8 Å². The highest BCUT2D eigenvalue weighted by Crippen LogP contribution is 2.27. The van der Waals surface area contributed by atoms with E-state index in [0.29, 0.717) is 25.4 Å². The molecule has 9 heteroatoms. The summed E-state index contributed by atoms with van der Waals surface area (Å²) in [6, 6.07) is 12.8. The van der Waals surface area contributed by atoms with Crippen LogP contribution in [0.5, 0.6) is 5.75 Å². The molecular formula is C23H30ClN3O4S. The molecule has 1 heterocycles. The molecule has 0 aliphatic carbocycles. The zero-order valence-electron chi connectivity index (χ0n) is 18.5. The molecule has 0 bridgehead atoms. The normalized spacial score (nSPS) is 16.0. The predicted octanol–water partition coefficient (Wildman–Crippen LogP) is 2.79. The number of benzene rings is 2. The number of likely N-dealkylation sites (N-methyl/N-ethyl adjacent to an activating group) is 1. The Morgan fingerprint density at radius 2 is 1.78 bits per heavy atom. The smallest absolute Gasteiger partial charge is 0.241 e. The molecule has 1 amide bonds. The zero-order chi connectivity index (χ0) is 23.1. The topological polar surface area (TPSA) is 78.9 Å². The van der Waals surface area contributed by atoms with E-state index >= 15 is 0 Å². The first-order chi connectivity index (χ1) is 15.3. The molecule has 0 unspecified atom stereocenters. The zero-order valence-corrected chi connectivity index (χ0v) is 20.0. The van der Waals surface area contributed by atoms with Gasteiger partial charge in [-0.3, -0.25) is 4.79 Å². The average molecular weight is 480 g/mol. The standard InChI is InChI=1S/C23H30ClN3O4S/c1-3-26-12-14-27(15-13-26)23(28)21(16-18-8-6-5-7-9-18)25-32(29,30)19-10-11-22(31-4-2)20(24)17-19/h5-11,17,21,25H,3-4,12-16H2,1-2H3/t21-/m1/s1. The maximum Gasteiger partial charge on any atom is 0.241 e. The van der Waals surface area contributed by atoms with Crippen molar-refractivity contribution in [3.8, 4) is 5.75 Å². The first-order valence-electron chi connectivity index (χ1n) is 10.8. The second kappa shape index (κ2) is 11.1. The Bertz CT molecular complexity index is 1010. The second-order valence-electron chi connectivity index (χ2n) is 7.65. The van der Waals surface area contributed by atoms with Gasteiger partial charge >= 0.3 is 0 Å². The van der Waals surface area contributed by atoms with Crippen molar-refractivity contribution in [2.75, 3.05) is 39.3 Å². The predicted molar refractivity (Wildman–Crippen MR) is 126 cm³/mol. The van der Waals surface area contributed by atoms with E-state index in [2.05, 4.69) is 16.5 Å². The number of nitrogens with zero attached hydrogens (tertiary/aromatic N) is 2. The van der Waals surface area contributed by atoms with Crippen LogP contribution in [0.3, 0.4) is 0 Å².